The fraction of sp³-hybridized carbons (Fsp3) is 0.286. The van der Waals surface area contributed by atoms with Crippen molar-refractivity contribution < 1.29 is 31.5 Å². The van der Waals surface area contributed by atoms with Crippen molar-refractivity contribution in [3.63, 3.8) is 0 Å². The highest BCUT2D eigenvalue weighted by atomic mass is 19.4. The molecule has 1 aliphatic rings. The van der Waals surface area contributed by atoms with E-state index in [4.69, 9.17) is 0 Å². The van der Waals surface area contributed by atoms with Crippen molar-refractivity contribution in [2.24, 2.45) is 0 Å². The van der Waals surface area contributed by atoms with Crippen molar-refractivity contribution in [2.75, 3.05) is 11.9 Å². The number of pyridine rings is 1. The van der Waals surface area contributed by atoms with E-state index in [1.165, 1.54) is 35.4 Å². The van der Waals surface area contributed by atoms with Crippen LogP contribution in [0.25, 0.3) is 5.69 Å². The molecule has 0 bridgehead atoms. The predicted octanol–water partition coefficient (Wildman–Crippen LogP) is 3.87. The Labute approximate surface area is 183 Å². The minimum atomic E-state index is -4.68. The van der Waals surface area contributed by atoms with Gasteiger partial charge in [0.1, 0.15) is 22.8 Å². The maximum Gasteiger partial charge on any atom is 0.422 e. The minimum absolute atomic E-state index is 0.0479. The van der Waals surface area contributed by atoms with Gasteiger partial charge in [0.2, 0.25) is 0 Å². The van der Waals surface area contributed by atoms with Gasteiger partial charge in [0.25, 0.3) is 11.5 Å². The fourth-order valence-electron chi connectivity index (χ4n) is 3.12. The Balaban J connectivity index is 1.58. The molecule has 0 spiro atoms. The van der Waals surface area contributed by atoms with Crippen molar-refractivity contribution in [3.8, 4) is 11.4 Å². The van der Waals surface area contributed by atoms with Crippen molar-refractivity contribution in [2.45, 2.75) is 31.2 Å². The molecule has 0 aliphatic heterocycles. The van der Waals surface area contributed by atoms with E-state index in [1.807, 2.05) is 0 Å². The Morgan fingerprint density at radius 1 is 1.24 bits per heavy atom. The average molecular weight is 468 g/mol. The number of hydrogen-bond donors (Lipinski definition) is 1. The zero-order valence-electron chi connectivity index (χ0n) is 16.9. The van der Waals surface area contributed by atoms with Gasteiger partial charge in [0, 0.05) is 18.5 Å². The summed E-state index contributed by atoms with van der Waals surface area (Å²) in [6.45, 7) is -1.64. The fourth-order valence-corrected chi connectivity index (χ4v) is 3.12. The third kappa shape index (κ3) is 5.38. The molecule has 33 heavy (non-hydrogen) atoms. The Bertz CT molecular complexity index is 1250. The number of ether oxygens (including phenoxy) is 1. The summed E-state index contributed by atoms with van der Waals surface area (Å²) in [6, 6.07) is 5.28. The third-order valence-electron chi connectivity index (χ3n) is 4.89. The van der Waals surface area contributed by atoms with Crippen LogP contribution in [0.5, 0.6) is 5.75 Å². The van der Waals surface area contributed by atoms with Gasteiger partial charge in [-0.3, -0.25) is 18.8 Å². The smallest absolute Gasteiger partial charge is 0.422 e. The average Bonchev–Trinajstić information content (AvgIpc) is 3.30. The van der Waals surface area contributed by atoms with Crippen LogP contribution in [0.1, 0.15) is 23.2 Å². The lowest BCUT2D eigenvalue weighted by atomic mass is 10.2. The number of aromatic nitrogens is 3. The molecule has 12 heteroatoms. The third-order valence-corrected chi connectivity index (χ3v) is 4.89. The summed E-state index contributed by atoms with van der Waals surface area (Å²) in [4.78, 5) is 25.5. The van der Waals surface area contributed by atoms with Gasteiger partial charge in [-0.25, -0.2) is 8.78 Å². The number of anilines is 1. The van der Waals surface area contributed by atoms with Crippen LogP contribution in [-0.4, -0.2) is 38.7 Å². The van der Waals surface area contributed by atoms with Gasteiger partial charge in [-0.1, -0.05) is 0 Å². The number of alkyl halides is 4. The van der Waals surface area contributed by atoms with E-state index >= 15 is 0 Å². The second-order valence-electron chi connectivity index (χ2n) is 7.64. The summed E-state index contributed by atoms with van der Waals surface area (Å²) in [7, 11) is 0. The molecule has 0 saturated heterocycles. The van der Waals surface area contributed by atoms with Gasteiger partial charge in [-0.2, -0.15) is 18.3 Å². The summed E-state index contributed by atoms with van der Waals surface area (Å²) < 4.78 is 72.0. The first kappa shape index (κ1) is 22.5. The molecular weight excluding hydrogens is 451 g/mol. The van der Waals surface area contributed by atoms with Crippen LogP contribution >= 0.6 is 0 Å². The number of carbonyl (C=O) groups is 1. The first-order valence-corrected chi connectivity index (χ1v) is 9.77. The van der Waals surface area contributed by atoms with E-state index < -0.39 is 41.5 Å². The molecule has 1 amide bonds. The molecule has 174 valence electrons. The first-order valence-electron chi connectivity index (χ1n) is 9.77. The topological polar surface area (TPSA) is 78.2 Å². The molecule has 0 atom stereocenters. The number of benzene rings is 1. The standard InChI is InChI=1S/C21H17F5N4O3/c22-13-3-4-16(17(8-13)33-12-21(24,25)26)30-7-1-2-15(19(30)32)18(31)28-14-9-27-29(10-14)11-20(23)5-6-20/h1-4,7-10H,5-6,11-12H2,(H,28,31). The minimum Gasteiger partial charge on any atom is -0.482 e. The lowest BCUT2D eigenvalue weighted by Gasteiger charge is -2.15. The Kier molecular flexibility index (Phi) is 5.68. The number of hydrogen-bond acceptors (Lipinski definition) is 4. The van der Waals surface area contributed by atoms with Gasteiger partial charge >= 0.3 is 6.18 Å². The maximum atomic E-state index is 13.9. The molecule has 1 saturated carbocycles. The summed E-state index contributed by atoms with van der Waals surface area (Å²) in [5, 5.41) is 6.45. The maximum absolute atomic E-state index is 13.9. The molecular formula is C21H17F5N4O3. The zero-order chi connectivity index (χ0) is 23.8. The zero-order valence-corrected chi connectivity index (χ0v) is 16.9. The largest absolute Gasteiger partial charge is 0.482 e. The van der Waals surface area contributed by atoms with Crippen LogP contribution in [0.2, 0.25) is 0 Å². The van der Waals surface area contributed by atoms with E-state index in [2.05, 4.69) is 15.2 Å². The second-order valence-corrected chi connectivity index (χ2v) is 7.64. The summed E-state index contributed by atoms with van der Waals surface area (Å²) >= 11 is 0. The van der Waals surface area contributed by atoms with Crippen LogP contribution in [0.3, 0.4) is 0 Å². The molecule has 1 aromatic carbocycles. The van der Waals surface area contributed by atoms with Gasteiger partial charge < -0.3 is 10.1 Å². The van der Waals surface area contributed by atoms with E-state index in [-0.39, 0.29) is 23.5 Å². The van der Waals surface area contributed by atoms with E-state index in [1.54, 1.807) is 0 Å². The number of amides is 1. The van der Waals surface area contributed by atoms with Crippen LogP contribution in [-0.2, 0) is 6.54 Å². The number of carbonyl (C=O) groups excluding carboxylic acids is 1. The van der Waals surface area contributed by atoms with Gasteiger partial charge in [0.05, 0.1) is 24.1 Å². The SMILES string of the molecule is O=C(Nc1cnn(CC2(F)CC2)c1)c1cccn(-c2ccc(F)cc2OCC(F)(F)F)c1=O. The molecule has 1 fully saturated rings. The quantitative estimate of drug-likeness (QED) is 0.534. The van der Waals surface area contributed by atoms with Crippen LogP contribution in [0.15, 0.2) is 53.7 Å². The number of nitrogens with one attached hydrogen (secondary N) is 1. The number of nitrogens with zero attached hydrogens (tertiary/aromatic N) is 3. The highest BCUT2D eigenvalue weighted by Crippen LogP contribution is 2.41. The predicted molar refractivity (Wildman–Crippen MR) is 107 cm³/mol. The molecule has 1 N–H and O–H groups in total. The van der Waals surface area contributed by atoms with E-state index in [0.717, 1.165) is 16.7 Å². The van der Waals surface area contributed by atoms with Crippen molar-refractivity contribution in [3.05, 3.63) is 70.7 Å². The highest BCUT2D eigenvalue weighted by molar-refractivity contribution is 6.03. The molecule has 7 nitrogen and oxygen atoms in total. The second kappa shape index (κ2) is 8.34. The van der Waals surface area contributed by atoms with Crippen molar-refractivity contribution in [1.82, 2.24) is 14.3 Å². The van der Waals surface area contributed by atoms with Crippen LogP contribution in [0.4, 0.5) is 27.6 Å². The van der Waals surface area contributed by atoms with E-state index in [0.29, 0.717) is 18.9 Å². The molecule has 0 radical (unpaired) electrons. The lowest BCUT2D eigenvalue weighted by molar-refractivity contribution is -0.153. The highest BCUT2D eigenvalue weighted by Gasteiger charge is 2.43. The Hall–Kier alpha value is -3.70. The monoisotopic (exact) mass is 468 g/mol. The van der Waals surface area contributed by atoms with E-state index in [9.17, 15) is 31.5 Å². The van der Waals surface area contributed by atoms with Crippen LogP contribution in [0, 0.1) is 5.82 Å². The first-order chi connectivity index (χ1) is 15.5. The molecule has 2 aromatic heterocycles. The molecule has 0 unspecified atom stereocenters. The Morgan fingerprint density at radius 3 is 2.70 bits per heavy atom. The Morgan fingerprint density at radius 2 is 2.00 bits per heavy atom. The number of halogens is 5. The lowest BCUT2D eigenvalue weighted by Crippen LogP contribution is -2.28. The normalized spacial score (nSPS) is 14.7. The van der Waals surface area contributed by atoms with Gasteiger partial charge in [-0.15, -0.1) is 0 Å². The van der Waals surface area contributed by atoms with Crippen LogP contribution < -0.4 is 15.6 Å². The molecule has 2 heterocycles. The van der Waals surface area contributed by atoms with Gasteiger partial charge in [-0.05, 0) is 37.1 Å². The summed E-state index contributed by atoms with van der Waals surface area (Å²) in [6.07, 6.45) is 0.131. The molecule has 1 aliphatic carbocycles. The molecule has 3 aromatic rings. The number of rotatable bonds is 7. The summed E-state index contributed by atoms with van der Waals surface area (Å²) in [5.41, 5.74) is -2.44. The van der Waals surface area contributed by atoms with Gasteiger partial charge in [0.15, 0.2) is 6.61 Å². The molecule has 4 rings (SSSR count). The summed E-state index contributed by atoms with van der Waals surface area (Å²) in [5.74, 6) is -2.19. The van der Waals surface area contributed by atoms with Crippen molar-refractivity contribution in [1.29, 1.82) is 0 Å². The van der Waals surface area contributed by atoms with Crippen molar-refractivity contribution >= 4 is 11.6 Å².